The molecule has 2 aliphatic heterocycles. The molecule has 2 aliphatic rings. The summed E-state index contributed by atoms with van der Waals surface area (Å²) in [7, 11) is -8.56. The van der Waals surface area contributed by atoms with Crippen LogP contribution in [0.1, 0.15) is 81.8 Å². The number of ketones is 1. The molecule has 0 atom stereocenters. The number of unbranched alkanes of at least 4 members (excludes halogenated alkanes) is 2. The van der Waals surface area contributed by atoms with Gasteiger partial charge in [-0.3, -0.25) is 4.79 Å². The largest absolute Gasteiger partial charge is 1.00 e. The van der Waals surface area contributed by atoms with E-state index in [1.165, 1.54) is 6.92 Å². The van der Waals surface area contributed by atoms with Crippen molar-refractivity contribution in [1.82, 2.24) is 0 Å². The van der Waals surface area contributed by atoms with E-state index in [0.717, 1.165) is 33.9 Å². The topological polar surface area (TPSA) is 138 Å². The Morgan fingerprint density at radius 1 is 0.867 bits per heavy atom. The molecule has 0 bridgehead atoms. The fourth-order valence-corrected chi connectivity index (χ4v) is 7.46. The molecular weight excluding hydrogens is 623 g/mol. The van der Waals surface area contributed by atoms with Crippen molar-refractivity contribution in [1.29, 1.82) is 0 Å². The van der Waals surface area contributed by atoms with Crippen LogP contribution in [0.2, 0.25) is 0 Å². The van der Waals surface area contributed by atoms with E-state index in [4.69, 9.17) is 0 Å². The van der Waals surface area contributed by atoms with Crippen LogP contribution in [0.4, 0.5) is 11.4 Å². The Bertz CT molecular complexity index is 1760. The van der Waals surface area contributed by atoms with Crippen LogP contribution in [0.5, 0.6) is 0 Å². The average molecular weight is 665 g/mol. The number of hydrogen-bond donors (Lipinski definition) is 0. The quantitative estimate of drug-likeness (QED) is 0.105. The summed E-state index contributed by atoms with van der Waals surface area (Å²) in [6, 6.07) is 13.8. The maximum absolute atomic E-state index is 12.2. The molecule has 2 aromatic carbocycles. The Labute approximate surface area is 289 Å². The summed E-state index contributed by atoms with van der Waals surface area (Å²) in [5.74, 6) is -0.828. The first kappa shape index (κ1) is 37.3. The number of fused-ring (bicyclic) bond motifs is 2. The van der Waals surface area contributed by atoms with Gasteiger partial charge in [0.2, 0.25) is 5.69 Å². The van der Waals surface area contributed by atoms with Crippen LogP contribution >= 0.6 is 0 Å². The molecule has 0 fully saturated rings. The van der Waals surface area contributed by atoms with Crippen molar-refractivity contribution in [2.45, 2.75) is 71.1 Å². The van der Waals surface area contributed by atoms with E-state index in [0.29, 0.717) is 31.5 Å². The van der Waals surface area contributed by atoms with E-state index in [2.05, 4.69) is 49.3 Å². The molecule has 4 rings (SSSR count). The monoisotopic (exact) mass is 664 g/mol. The minimum absolute atomic E-state index is 0. The standard InChI is InChI=1S/C33H42N2O7S2.Na/c1-24(36)25-17-18-29-27(23-25)33(4,5)31(35(29)20-9-11-22-44(40,41)42)16-12-15-30-32(2,3)26-13-6-7-14-28(26)34(30)19-8-10-21-43(37,38)39;/h6-7,12-18,23H,8-11,19-22H2,1-5H3,(H-,37,38,39,40,41,42);/q;+1/p-1. The van der Waals surface area contributed by atoms with Crippen LogP contribution in [-0.4, -0.2) is 66.6 Å². The SMILES string of the molecule is CC(=O)c1ccc2c(c1)C(C)(C)/C(=C\C=C\C1=[N+](CCCCS(=O)(=O)[O-])c3ccccc3C1(C)C)N2CCCCS(=O)(=O)[O-].[Na+]. The van der Waals surface area contributed by atoms with Crippen LogP contribution in [-0.2, 0) is 31.1 Å². The molecule has 12 heteroatoms. The number of rotatable bonds is 13. The fourth-order valence-electron chi connectivity index (χ4n) is 6.35. The number of allylic oxidation sites excluding steroid dienone is 4. The molecule has 2 heterocycles. The molecule has 0 N–H and O–H groups in total. The molecule has 9 nitrogen and oxygen atoms in total. The number of Topliss-reactive ketones (excluding diaryl/α,β-unsaturated/α-hetero) is 1. The first-order valence-electron chi connectivity index (χ1n) is 14.9. The van der Waals surface area contributed by atoms with Crippen molar-refractivity contribution in [3.8, 4) is 0 Å². The van der Waals surface area contributed by atoms with Crippen LogP contribution in [0.25, 0.3) is 0 Å². The van der Waals surface area contributed by atoms with E-state index in [1.54, 1.807) is 6.07 Å². The van der Waals surface area contributed by atoms with Crippen LogP contribution < -0.4 is 34.5 Å². The summed E-state index contributed by atoms with van der Waals surface area (Å²) in [6.07, 6.45) is 7.69. The smallest absolute Gasteiger partial charge is 0.748 e. The zero-order valence-electron chi connectivity index (χ0n) is 27.0. The molecular formula is C33H41N2NaO7S2. The fraction of sp³-hybridized carbons (Fsp3) is 0.455. The van der Waals surface area contributed by atoms with Gasteiger partial charge in [-0.25, -0.2) is 16.8 Å². The van der Waals surface area contributed by atoms with Crippen molar-refractivity contribution in [2.24, 2.45) is 0 Å². The van der Waals surface area contributed by atoms with E-state index in [9.17, 15) is 30.7 Å². The Morgan fingerprint density at radius 2 is 1.49 bits per heavy atom. The average Bonchev–Trinajstić information content (AvgIpc) is 3.26. The molecule has 0 spiro atoms. The van der Waals surface area contributed by atoms with Gasteiger partial charge in [0.1, 0.15) is 6.54 Å². The van der Waals surface area contributed by atoms with Gasteiger partial charge in [0, 0.05) is 64.5 Å². The number of para-hydroxylation sites is 1. The Balaban J connectivity index is 0.00000552. The molecule has 0 aromatic heterocycles. The number of nitrogens with zero attached hydrogens (tertiary/aromatic N) is 2. The third-order valence-corrected chi connectivity index (χ3v) is 10.2. The number of carbonyl (C=O) groups excluding carboxylic acids is 1. The van der Waals surface area contributed by atoms with Crippen molar-refractivity contribution in [3.05, 3.63) is 83.1 Å². The first-order chi connectivity index (χ1) is 20.4. The summed E-state index contributed by atoms with van der Waals surface area (Å²) in [5.41, 5.74) is 6.00. The van der Waals surface area contributed by atoms with Gasteiger partial charge < -0.3 is 14.0 Å². The maximum Gasteiger partial charge on any atom is 1.00 e. The van der Waals surface area contributed by atoms with Gasteiger partial charge >= 0.3 is 29.6 Å². The minimum atomic E-state index is -4.29. The molecule has 0 unspecified atom stereocenters. The molecule has 2 aromatic rings. The minimum Gasteiger partial charge on any atom is -0.748 e. The summed E-state index contributed by atoms with van der Waals surface area (Å²) in [4.78, 5) is 14.3. The van der Waals surface area contributed by atoms with Crippen molar-refractivity contribution in [3.63, 3.8) is 0 Å². The third-order valence-electron chi connectivity index (χ3n) is 8.66. The van der Waals surface area contributed by atoms with Crippen molar-refractivity contribution >= 4 is 43.1 Å². The van der Waals surface area contributed by atoms with Gasteiger partial charge in [-0.1, -0.05) is 38.1 Å². The second-order valence-corrected chi connectivity index (χ2v) is 15.6. The van der Waals surface area contributed by atoms with Crippen molar-refractivity contribution < 1.29 is 64.9 Å². The summed E-state index contributed by atoms with van der Waals surface area (Å²) < 4.78 is 69.2. The Hall–Kier alpha value is -2.12. The van der Waals surface area contributed by atoms with Gasteiger partial charge in [0.05, 0.1) is 25.7 Å². The molecule has 0 amide bonds. The number of hydrogen-bond acceptors (Lipinski definition) is 8. The van der Waals surface area contributed by atoms with E-state index >= 15 is 0 Å². The normalized spacial score (nSPS) is 17.9. The molecule has 238 valence electrons. The van der Waals surface area contributed by atoms with Gasteiger partial charge in [0.25, 0.3) is 0 Å². The maximum atomic E-state index is 12.2. The summed E-state index contributed by atoms with van der Waals surface area (Å²) >= 11 is 0. The molecule has 0 saturated carbocycles. The Kier molecular flexibility index (Phi) is 11.9. The second kappa shape index (κ2) is 14.3. The Morgan fingerprint density at radius 3 is 2.11 bits per heavy atom. The van der Waals surface area contributed by atoms with Gasteiger partial charge in [-0.05, 0) is 69.9 Å². The molecule has 0 saturated heterocycles. The van der Waals surface area contributed by atoms with Crippen LogP contribution in [0, 0.1) is 0 Å². The first-order valence-corrected chi connectivity index (χ1v) is 18.0. The predicted octanol–water partition coefficient (Wildman–Crippen LogP) is 2.16. The van der Waals surface area contributed by atoms with Crippen LogP contribution in [0.3, 0.4) is 0 Å². The zero-order valence-corrected chi connectivity index (χ0v) is 30.6. The number of anilines is 1. The van der Waals surface area contributed by atoms with E-state index in [1.807, 2.05) is 42.5 Å². The van der Waals surface area contributed by atoms with Gasteiger partial charge in [0.15, 0.2) is 11.5 Å². The van der Waals surface area contributed by atoms with E-state index in [-0.39, 0.29) is 59.4 Å². The van der Waals surface area contributed by atoms with Crippen molar-refractivity contribution in [2.75, 3.05) is 29.5 Å². The number of benzene rings is 2. The third kappa shape index (κ3) is 8.62. The zero-order chi connectivity index (χ0) is 32.5. The van der Waals surface area contributed by atoms with Gasteiger partial charge in [-0.2, -0.15) is 4.58 Å². The second-order valence-electron chi connectivity index (χ2n) is 12.6. The van der Waals surface area contributed by atoms with Gasteiger partial charge in [-0.15, -0.1) is 0 Å². The molecule has 0 radical (unpaired) electrons. The summed E-state index contributed by atoms with van der Waals surface area (Å²) in [6.45, 7) is 11.1. The van der Waals surface area contributed by atoms with E-state index < -0.39 is 31.4 Å². The summed E-state index contributed by atoms with van der Waals surface area (Å²) in [5, 5.41) is 0. The number of carbonyl (C=O) groups is 1. The molecule has 0 aliphatic carbocycles. The molecule has 45 heavy (non-hydrogen) atoms. The van der Waals surface area contributed by atoms with Crippen LogP contribution in [0.15, 0.2) is 66.4 Å². The predicted molar refractivity (Wildman–Crippen MR) is 171 cm³/mol.